The molecule has 0 aliphatic carbocycles. The zero-order valence-corrected chi connectivity index (χ0v) is 8.80. The Labute approximate surface area is 93.1 Å². The molecule has 0 bridgehead atoms. The third-order valence-electron chi connectivity index (χ3n) is 2.06. The Hall–Kier alpha value is -2.28. The first-order chi connectivity index (χ1) is 7.79. The van der Waals surface area contributed by atoms with Crippen LogP contribution in [0.4, 0.5) is 0 Å². The summed E-state index contributed by atoms with van der Waals surface area (Å²) in [5, 5.41) is 12.7. The van der Waals surface area contributed by atoms with Crippen LogP contribution in [-0.2, 0) is 6.61 Å². The number of nitrogens with zero attached hydrogens (tertiary/aromatic N) is 2. The molecule has 1 aromatic heterocycles. The lowest BCUT2D eigenvalue weighted by molar-refractivity contribution is 0.287. The van der Waals surface area contributed by atoms with E-state index in [4.69, 9.17) is 14.5 Å². The fourth-order valence-electron chi connectivity index (χ4n) is 1.32. The third kappa shape index (κ3) is 2.20. The van der Waals surface area contributed by atoms with Crippen molar-refractivity contribution in [2.45, 2.75) is 13.5 Å². The quantitative estimate of drug-likeness (QED) is 0.787. The molecule has 0 spiro atoms. The molecule has 0 atom stereocenters. The summed E-state index contributed by atoms with van der Waals surface area (Å²) in [4.78, 5) is 0. The maximum atomic E-state index is 8.86. The number of benzene rings is 1. The van der Waals surface area contributed by atoms with Gasteiger partial charge >= 0.3 is 0 Å². The van der Waals surface area contributed by atoms with E-state index in [1.807, 2.05) is 13.0 Å². The fourth-order valence-corrected chi connectivity index (χ4v) is 1.32. The lowest BCUT2D eigenvalue weighted by atomic mass is 10.2. The van der Waals surface area contributed by atoms with Gasteiger partial charge in [0.2, 0.25) is 0 Å². The lowest BCUT2D eigenvalue weighted by Crippen LogP contribution is -1.97. The average molecular weight is 214 g/mol. The molecule has 16 heavy (non-hydrogen) atoms. The lowest BCUT2D eigenvalue weighted by Gasteiger charge is -2.04. The zero-order valence-electron chi connectivity index (χ0n) is 8.80. The summed E-state index contributed by atoms with van der Waals surface area (Å²) < 4.78 is 10.4. The van der Waals surface area contributed by atoms with Crippen molar-refractivity contribution in [3.05, 3.63) is 47.3 Å². The first kappa shape index (κ1) is 10.2. The second kappa shape index (κ2) is 4.49. The summed E-state index contributed by atoms with van der Waals surface area (Å²) >= 11 is 0. The first-order valence-electron chi connectivity index (χ1n) is 4.83. The topological polar surface area (TPSA) is 59.0 Å². The van der Waals surface area contributed by atoms with E-state index in [1.54, 1.807) is 24.3 Å². The van der Waals surface area contributed by atoms with Gasteiger partial charge in [-0.05, 0) is 19.1 Å². The Kier molecular flexibility index (Phi) is 2.88. The predicted molar refractivity (Wildman–Crippen MR) is 56.7 cm³/mol. The van der Waals surface area contributed by atoms with E-state index < -0.39 is 0 Å². The number of aromatic nitrogens is 1. The molecular weight excluding hydrogens is 204 g/mol. The van der Waals surface area contributed by atoms with E-state index >= 15 is 0 Å². The standard InChI is InChI=1S/C12H10N2O2/c1-9-6-11(14-16-9)8-15-12-5-3-2-4-10(12)7-13/h2-6H,8H2,1H3. The number of hydrogen-bond acceptors (Lipinski definition) is 4. The minimum atomic E-state index is 0.302. The number of para-hydroxylation sites is 1. The normalized spacial score (nSPS) is 9.75. The minimum absolute atomic E-state index is 0.302. The van der Waals surface area contributed by atoms with Crippen molar-refractivity contribution in [2.75, 3.05) is 0 Å². The van der Waals surface area contributed by atoms with Gasteiger partial charge in [-0.1, -0.05) is 17.3 Å². The highest BCUT2D eigenvalue weighted by Gasteiger charge is 2.04. The van der Waals surface area contributed by atoms with Crippen LogP contribution in [0.15, 0.2) is 34.9 Å². The molecule has 1 heterocycles. The number of rotatable bonds is 3. The predicted octanol–water partition coefficient (Wildman–Crippen LogP) is 2.43. The maximum absolute atomic E-state index is 8.86. The van der Waals surface area contributed by atoms with Crippen molar-refractivity contribution >= 4 is 0 Å². The molecule has 0 aliphatic rings. The highest BCUT2D eigenvalue weighted by molar-refractivity contribution is 5.42. The average Bonchev–Trinajstić information content (AvgIpc) is 2.73. The van der Waals surface area contributed by atoms with Crippen molar-refractivity contribution in [2.24, 2.45) is 0 Å². The molecule has 0 saturated carbocycles. The number of hydrogen-bond donors (Lipinski definition) is 0. The van der Waals surface area contributed by atoms with Crippen LogP contribution in [0.1, 0.15) is 17.0 Å². The van der Waals surface area contributed by atoms with E-state index in [-0.39, 0.29) is 0 Å². The molecule has 4 nitrogen and oxygen atoms in total. The molecule has 0 fully saturated rings. The Balaban J connectivity index is 2.08. The summed E-state index contributed by atoms with van der Waals surface area (Å²) in [6.45, 7) is 2.12. The molecule has 0 radical (unpaired) electrons. The van der Waals surface area contributed by atoms with Gasteiger partial charge in [-0.25, -0.2) is 0 Å². The first-order valence-corrected chi connectivity index (χ1v) is 4.83. The molecule has 80 valence electrons. The van der Waals surface area contributed by atoms with Crippen LogP contribution in [0.2, 0.25) is 0 Å². The second-order valence-electron chi connectivity index (χ2n) is 3.33. The van der Waals surface area contributed by atoms with Gasteiger partial charge in [-0.15, -0.1) is 0 Å². The second-order valence-corrected chi connectivity index (χ2v) is 3.33. The number of nitriles is 1. The summed E-state index contributed by atoms with van der Waals surface area (Å²) in [5.41, 5.74) is 1.23. The minimum Gasteiger partial charge on any atom is -0.486 e. The Morgan fingerprint density at radius 3 is 2.94 bits per heavy atom. The number of aryl methyl sites for hydroxylation is 1. The Morgan fingerprint density at radius 2 is 2.25 bits per heavy atom. The molecule has 0 amide bonds. The van der Waals surface area contributed by atoms with E-state index in [9.17, 15) is 0 Å². The highest BCUT2D eigenvalue weighted by Crippen LogP contribution is 2.17. The van der Waals surface area contributed by atoms with Crippen LogP contribution in [0, 0.1) is 18.3 Å². The van der Waals surface area contributed by atoms with Gasteiger partial charge in [0.05, 0.1) is 5.56 Å². The van der Waals surface area contributed by atoms with Gasteiger partial charge in [-0.3, -0.25) is 0 Å². The van der Waals surface area contributed by atoms with Crippen molar-refractivity contribution in [3.63, 3.8) is 0 Å². The van der Waals surface area contributed by atoms with Crippen LogP contribution >= 0.6 is 0 Å². The fraction of sp³-hybridized carbons (Fsp3) is 0.167. The largest absolute Gasteiger partial charge is 0.486 e. The molecular formula is C12H10N2O2. The molecule has 0 N–H and O–H groups in total. The van der Waals surface area contributed by atoms with Gasteiger partial charge in [-0.2, -0.15) is 5.26 Å². The van der Waals surface area contributed by atoms with Gasteiger partial charge in [0.1, 0.15) is 29.9 Å². The van der Waals surface area contributed by atoms with Gasteiger partial charge in [0.25, 0.3) is 0 Å². The van der Waals surface area contributed by atoms with Crippen molar-refractivity contribution in [3.8, 4) is 11.8 Å². The summed E-state index contributed by atoms with van der Waals surface area (Å²) in [5.74, 6) is 1.30. The van der Waals surface area contributed by atoms with E-state index in [2.05, 4.69) is 11.2 Å². The van der Waals surface area contributed by atoms with Gasteiger partial charge in [0.15, 0.2) is 0 Å². The van der Waals surface area contributed by atoms with Crippen molar-refractivity contribution < 1.29 is 9.26 Å². The molecule has 0 aliphatic heterocycles. The Bertz CT molecular complexity index is 526. The summed E-state index contributed by atoms with van der Waals surface area (Å²) in [6.07, 6.45) is 0. The molecule has 1 aromatic carbocycles. The van der Waals surface area contributed by atoms with Crippen LogP contribution < -0.4 is 4.74 Å². The molecule has 0 unspecified atom stereocenters. The smallest absolute Gasteiger partial charge is 0.137 e. The maximum Gasteiger partial charge on any atom is 0.137 e. The van der Waals surface area contributed by atoms with Crippen molar-refractivity contribution in [1.82, 2.24) is 5.16 Å². The van der Waals surface area contributed by atoms with E-state index in [0.29, 0.717) is 23.6 Å². The number of ether oxygens (including phenoxy) is 1. The van der Waals surface area contributed by atoms with E-state index in [0.717, 1.165) is 5.76 Å². The van der Waals surface area contributed by atoms with Gasteiger partial charge < -0.3 is 9.26 Å². The third-order valence-corrected chi connectivity index (χ3v) is 2.06. The molecule has 4 heteroatoms. The van der Waals surface area contributed by atoms with Crippen LogP contribution in [0.5, 0.6) is 5.75 Å². The van der Waals surface area contributed by atoms with Gasteiger partial charge in [0, 0.05) is 6.07 Å². The SMILES string of the molecule is Cc1cc(COc2ccccc2C#N)no1. The van der Waals surface area contributed by atoms with Crippen LogP contribution in [0.3, 0.4) is 0 Å². The molecule has 2 aromatic rings. The summed E-state index contributed by atoms with van der Waals surface area (Å²) in [7, 11) is 0. The van der Waals surface area contributed by atoms with E-state index in [1.165, 1.54) is 0 Å². The monoisotopic (exact) mass is 214 g/mol. The Morgan fingerprint density at radius 1 is 1.44 bits per heavy atom. The van der Waals surface area contributed by atoms with Crippen LogP contribution in [-0.4, -0.2) is 5.16 Å². The van der Waals surface area contributed by atoms with Crippen LogP contribution in [0.25, 0.3) is 0 Å². The van der Waals surface area contributed by atoms with Crippen molar-refractivity contribution in [1.29, 1.82) is 5.26 Å². The zero-order chi connectivity index (χ0) is 11.4. The molecule has 0 saturated heterocycles. The molecule has 2 rings (SSSR count). The summed E-state index contributed by atoms with van der Waals surface area (Å²) in [6, 6.07) is 11.0. The highest BCUT2D eigenvalue weighted by atomic mass is 16.5.